The van der Waals surface area contributed by atoms with E-state index in [2.05, 4.69) is 4.98 Å². The van der Waals surface area contributed by atoms with Crippen LogP contribution in [0.2, 0.25) is 10.0 Å². The maximum atomic E-state index is 14.0. The molecule has 2 atom stereocenters. The van der Waals surface area contributed by atoms with Crippen molar-refractivity contribution in [3.05, 3.63) is 91.8 Å². The third-order valence-electron chi connectivity index (χ3n) is 5.28. The molecule has 0 radical (unpaired) electrons. The van der Waals surface area contributed by atoms with Gasteiger partial charge in [0.1, 0.15) is 0 Å². The standard InChI is InChI=1S/C22H16Cl2F3NO4/c1-11(21(32,22(25,26)27)14-4-7-19(29)28-10-14)15-5-2-12(8-17(15)23)13-3-6-16(20(30)31)18(24)9-13/h2-11,32H,1H3,(H,28,29)(H,30,31). The molecule has 0 amide bonds. The van der Waals surface area contributed by atoms with Gasteiger partial charge in [-0.1, -0.05) is 48.3 Å². The predicted octanol–water partition coefficient (Wildman–Crippen LogP) is 5.60. The minimum absolute atomic E-state index is 0.00640. The van der Waals surface area contributed by atoms with Crippen molar-refractivity contribution in [2.75, 3.05) is 0 Å². The van der Waals surface area contributed by atoms with Crippen LogP contribution in [0, 0.1) is 0 Å². The number of benzene rings is 2. The second kappa shape index (κ2) is 8.61. The number of carbonyl (C=O) groups is 1. The lowest BCUT2D eigenvalue weighted by molar-refractivity contribution is -0.274. The zero-order chi connectivity index (χ0) is 23.8. The number of nitrogens with one attached hydrogen (secondary N) is 1. The molecule has 3 rings (SSSR count). The number of hydrogen-bond donors (Lipinski definition) is 3. The maximum Gasteiger partial charge on any atom is 0.422 e. The maximum absolute atomic E-state index is 14.0. The van der Waals surface area contributed by atoms with Gasteiger partial charge in [0.2, 0.25) is 5.56 Å². The molecular formula is C22H16Cl2F3NO4. The largest absolute Gasteiger partial charge is 0.478 e. The van der Waals surface area contributed by atoms with Gasteiger partial charge in [0, 0.05) is 28.8 Å². The fraction of sp³-hybridized carbons (Fsp3) is 0.182. The molecular weight excluding hydrogens is 470 g/mol. The van der Waals surface area contributed by atoms with E-state index in [4.69, 9.17) is 28.3 Å². The number of alkyl halides is 3. The zero-order valence-electron chi connectivity index (χ0n) is 16.4. The molecule has 0 aliphatic rings. The molecule has 2 aromatic carbocycles. The van der Waals surface area contributed by atoms with E-state index in [1.165, 1.54) is 43.3 Å². The number of H-pyrrole nitrogens is 1. The van der Waals surface area contributed by atoms with Gasteiger partial charge in [-0.3, -0.25) is 4.79 Å². The van der Waals surface area contributed by atoms with E-state index in [0.717, 1.165) is 18.3 Å². The number of aliphatic hydroxyl groups is 1. The average Bonchev–Trinajstić information content (AvgIpc) is 2.72. The third kappa shape index (κ3) is 4.26. The van der Waals surface area contributed by atoms with Gasteiger partial charge in [-0.05, 0) is 41.0 Å². The normalized spacial score (nSPS) is 14.6. The van der Waals surface area contributed by atoms with Crippen LogP contribution in [0.1, 0.15) is 34.3 Å². The van der Waals surface area contributed by atoms with Crippen molar-refractivity contribution in [3.8, 4) is 11.1 Å². The lowest BCUT2D eigenvalue weighted by Gasteiger charge is -2.36. The molecule has 0 aliphatic carbocycles. The second-order valence-corrected chi connectivity index (χ2v) is 7.98. The first-order chi connectivity index (χ1) is 14.9. The first kappa shape index (κ1) is 23.8. The van der Waals surface area contributed by atoms with Gasteiger partial charge in [0.15, 0.2) is 5.60 Å². The van der Waals surface area contributed by atoms with Crippen molar-refractivity contribution < 1.29 is 28.2 Å². The first-order valence-electron chi connectivity index (χ1n) is 9.17. The van der Waals surface area contributed by atoms with E-state index in [1.54, 1.807) is 0 Å². The van der Waals surface area contributed by atoms with Crippen molar-refractivity contribution in [3.63, 3.8) is 0 Å². The van der Waals surface area contributed by atoms with E-state index in [9.17, 15) is 27.9 Å². The van der Waals surface area contributed by atoms with Crippen LogP contribution in [0.4, 0.5) is 13.2 Å². The number of aromatic amines is 1. The van der Waals surface area contributed by atoms with Gasteiger partial charge >= 0.3 is 12.1 Å². The Hall–Kier alpha value is -2.81. The molecule has 2 unspecified atom stereocenters. The molecule has 0 fully saturated rings. The topological polar surface area (TPSA) is 90.4 Å². The molecule has 0 saturated carbocycles. The van der Waals surface area contributed by atoms with Crippen molar-refractivity contribution in [2.24, 2.45) is 0 Å². The summed E-state index contributed by atoms with van der Waals surface area (Å²) in [5, 5.41) is 19.8. The monoisotopic (exact) mass is 485 g/mol. The Kier molecular flexibility index (Phi) is 6.42. The van der Waals surface area contributed by atoms with Gasteiger partial charge in [0.25, 0.3) is 0 Å². The van der Waals surface area contributed by atoms with Crippen LogP contribution < -0.4 is 5.56 Å². The van der Waals surface area contributed by atoms with Crippen LogP contribution in [0.25, 0.3) is 11.1 Å². The second-order valence-electron chi connectivity index (χ2n) is 7.16. The summed E-state index contributed by atoms with van der Waals surface area (Å²) in [5.41, 5.74) is -3.54. The smallest absolute Gasteiger partial charge is 0.422 e. The average molecular weight is 486 g/mol. The number of halogens is 5. The van der Waals surface area contributed by atoms with Crippen LogP contribution in [0.5, 0.6) is 0 Å². The summed E-state index contributed by atoms with van der Waals surface area (Å²) in [7, 11) is 0. The SMILES string of the molecule is CC(c1ccc(-c2ccc(C(=O)O)c(Cl)c2)cc1Cl)C(O)(c1ccc(=O)[nH]c1)C(F)(F)F. The lowest BCUT2D eigenvalue weighted by Crippen LogP contribution is -2.46. The summed E-state index contributed by atoms with van der Waals surface area (Å²) >= 11 is 12.3. The van der Waals surface area contributed by atoms with Crippen LogP contribution in [-0.2, 0) is 5.60 Å². The molecule has 5 nitrogen and oxygen atoms in total. The Balaban J connectivity index is 2.05. The number of carboxylic acid groups (broad SMARTS) is 1. The summed E-state index contributed by atoms with van der Waals surface area (Å²) in [5.74, 6) is -2.73. The predicted molar refractivity (Wildman–Crippen MR) is 114 cm³/mol. The Morgan fingerprint density at radius 2 is 1.59 bits per heavy atom. The third-order valence-corrected chi connectivity index (χ3v) is 5.92. The number of pyridine rings is 1. The van der Waals surface area contributed by atoms with Crippen LogP contribution >= 0.6 is 23.2 Å². The zero-order valence-corrected chi connectivity index (χ0v) is 17.9. The molecule has 32 heavy (non-hydrogen) atoms. The van der Waals surface area contributed by atoms with Gasteiger partial charge in [0.05, 0.1) is 10.6 Å². The fourth-order valence-corrected chi connectivity index (χ4v) is 4.06. The number of rotatable bonds is 5. The van der Waals surface area contributed by atoms with Crippen molar-refractivity contribution >= 4 is 29.2 Å². The van der Waals surface area contributed by atoms with E-state index in [0.29, 0.717) is 11.1 Å². The molecule has 0 spiro atoms. The lowest BCUT2D eigenvalue weighted by atomic mass is 9.78. The molecule has 3 aromatic rings. The highest BCUT2D eigenvalue weighted by Gasteiger charge is 2.59. The first-order valence-corrected chi connectivity index (χ1v) is 9.93. The van der Waals surface area contributed by atoms with Crippen LogP contribution in [0.3, 0.4) is 0 Å². The van der Waals surface area contributed by atoms with Crippen molar-refractivity contribution in [2.45, 2.75) is 24.6 Å². The number of hydrogen-bond acceptors (Lipinski definition) is 3. The molecule has 0 bridgehead atoms. The summed E-state index contributed by atoms with van der Waals surface area (Å²) in [6, 6.07) is 10.3. The van der Waals surface area contributed by atoms with Gasteiger partial charge in [-0.2, -0.15) is 13.2 Å². The highest BCUT2D eigenvalue weighted by molar-refractivity contribution is 6.34. The Morgan fingerprint density at radius 1 is 1.00 bits per heavy atom. The van der Waals surface area contributed by atoms with Crippen molar-refractivity contribution in [1.29, 1.82) is 0 Å². The molecule has 168 valence electrons. The van der Waals surface area contributed by atoms with Gasteiger partial charge < -0.3 is 15.2 Å². The van der Waals surface area contributed by atoms with E-state index in [1.807, 2.05) is 0 Å². The molecule has 1 heterocycles. The molecule has 10 heteroatoms. The molecule has 1 aromatic heterocycles. The Labute approximate surface area is 190 Å². The van der Waals surface area contributed by atoms with E-state index in [-0.39, 0.29) is 21.2 Å². The van der Waals surface area contributed by atoms with Crippen LogP contribution in [0.15, 0.2) is 59.5 Å². The molecule has 0 saturated heterocycles. The fourth-order valence-electron chi connectivity index (χ4n) is 3.46. The minimum Gasteiger partial charge on any atom is -0.478 e. The minimum atomic E-state index is -5.08. The van der Waals surface area contributed by atoms with Gasteiger partial charge in [-0.15, -0.1) is 0 Å². The van der Waals surface area contributed by atoms with Gasteiger partial charge in [-0.25, -0.2) is 4.79 Å². The van der Waals surface area contributed by atoms with Crippen molar-refractivity contribution in [1.82, 2.24) is 4.98 Å². The molecule has 0 aliphatic heterocycles. The summed E-state index contributed by atoms with van der Waals surface area (Å²) in [6.07, 6.45) is -4.26. The van der Waals surface area contributed by atoms with E-state index < -0.39 is 34.8 Å². The van der Waals surface area contributed by atoms with E-state index >= 15 is 0 Å². The summed E-state index contributed by atoms with van der Waals surface area (Å²) in [6.45, 7) is 1.18. The quantitative estimate of drug-likeness (QED) is 0.438. The summed E-state index contributed by atoms with van der Waals surface area (Å²) in [4.78, 5) is 24.5. The Bertz CT molecular complexity index is 1220. The number of carboxylic acids is 1. The molecule has 3 N–H and O–H groups in total. The number of aromatic carboxylic acids is 1. The highest BCUT2D eigenvalue weighted by Crippen LogP contribution is 2.49. The van der Waals surface area contributed by atoms with Crippen LogP contribution in [-0.4, -0.2) is 27.3 Å². The Morgan fingerprint density at radius 3 is 2.06 bits per heavy atom. The summed E-state index contributed by atoms with van der Waals surface area (Å²) < 4.78 is 42.0. The number of aromatic nitrogens is 1. The highest BCUT2D eigenvalue weighted by atomic mass is 35.5.